The Morgan fingerprint density at radius 2 is 1.67 bits per heavy atom. The molecule has 3 rings (SSSR count). The van der Waals surface area contributed by atoms with Crippen LogP contribution < -0.4 is 15.2 Å². The molecule has 0 heterocycles. The largest absolute Gasteiger partial charge is 0.496 e. The molecule has 0 fully saturated rings. The van der Waals surface area contributed by atoms with Gasteiger partial charge in [-0.2, -0.15) is 0 Å². The summed E-state index contributed by atoms with van der Waals surface area (Å²) in [6.07, 6.45) is 0. The Bertz CT molecular complexity index is 1150. The second-order valence-electron chi connectivity index (χ2n) is 6.31. The van der Waals surface area contributed by atoms with E-state index in [1.807, 2.05) is 24.3 Å². The lowest BCUT2D eigenvalue weighted by Gasteiger charge is -2.15. The van der Waals surface area contributed by atoms with Crippen molar-refractivity contribution in [1.82, 2.24) is 0 Å². The molecule has 0 aliphatic carbocycles. The van der Waals surface area contributed by atoms with Crippen LogP contribution in [0.15, 0.2) is 53.4 Å². The zero-order valence-corrected chi connectivity index (χ0v) is 16.1. The molecule has 27 heavy (non-hydrogen) atoms. The van der Waals surface area contributed by atoms with Gasteiger partial charge in [-0.05, 0) is 60.0 Å². The van der Waals surface area contributed by atoms with Gasteiger partial charge in [-0.25, -0.2) is 13.6 Å². The van der Waals surface area contributed by atoms with Crippen molar-refractivity contribution in [3.05, 3.63) is 65.2 Å². The van der Waals surface area contributed by atoms with E-state index in [1.165, 1.54) is 19.2 Å². The van der Waals surface area contributed by atoms with Gasteiger partial charge in [-0.15, -0.1) is 0 Å². The van der Waals surface area contributed by atoms with Crippen molar-refractivity contribution < 1.29 is 17.9 Å². The van der Waals surface area contributed by atoms with Crippen LogP contribution in [0.1, 0.15) is 21.5 Å². The number of nitrogens with one attached hydrogen (secondary N) is 1. The maximum Gasteiger partial charge on any atom is 0.259 e. The van der Waals surface area contributed by atoms with Crippen LogP contribution in [-0.4, -0.2) is 21.4 Å². The first-order valence-electron chi connectivity index (χ1n) is 8.23. The zero-order chi connectivity index (χ0) is 19.8. The normalized spacial score (nSPS) is 11.4. The number of hydrogen-bond acceptors (Lipinski definition) is 4. The van der Waals surface area contributed by atoms with Crippen molar-refractivity contribution in [2.24, 2.45) is 5.14 Å². The molecule has 1 amide bonds. The number of carbonyl (C=O) groups is 1. The summed E-state index contributed by atoms with van der Waals surface area (Å²) in [4.78, 5) is 12.8. The Kier molecular flexibility index (Phi) is 4.91. The summed E-state index contributed by atoms with van der Waals surface area (Å²) in [6, 6.07) is 14.0. The Hall–Kier alpha value is -2.90. The van der Waals surface area contributed by atoms with E-state index >= 15 is 0 Å². The lowest BCUT2D eigenvalue weighted by molar-refractivity contribution is 0.102. The van der Waals surface area contributed by atoms with Gasteiger partial charge in [0.05, 0.1) is 17.6 Å². The first kappa shape index (κ1) is 18.9. The highest BCUT2D eigenvalue weighted by Crippen LogP contribution is 2.28. The van der Waals surface area contributed by atoms with Crippen LogP contribution in [0, 0.1) is 13.8 Å². The standard InChI is InChI=1S/C20H20N2O4S/c1-12-8-16(27(21,24)25)11-18(13(12)2)22-20(23)17-9-14-6-4-5-7-15(14)10-19(17)26-3/h4-11H,1-3H3,(H,22,23)(H2,21,24,25). The van der Waals surface area contributed by atoms with E-state index in [-0.39, 0.29) is 4.90 Å². The molecule has 3 aromatic rings. The Labute approximate surface area is 158 Å². The summed E-state index contributed by atoms with van der Waals surface area (Å²) >= 11 is 0. The number of sulfonamides is 1. The summed E-state index contributed by atoms with van der Waals surface area (Å²) in [5.41, 5.74) is 2.21. The van der Waals surface area contributed by atoms with E-state index in [2.05, 4.69) is 5.32 Å². The number of primary sulfonamides is 1. The number of benzene rings is 3. The van der Waals surface area contributed by atoms with Crippen molar-refractivity contribution in [3.8, 4) is 5.75 Å². The number of aryl methyl sites for hydroxylation is 1. The molecule has 0 saturated heterocycles. The van der Waals surface area contributed by atoms with E-state index in [0.717, 1.165) is 16.3 Å². The van der Waals surface area contributed by atoms with Gasteiger partial charge in [0, 0.05) is 5.69 Å². The third-order valence-corrected chi connectivity index (χ3v) is 5.42. The van der Waals surface area contributed by atoms with Gasteiger partial charge in [0.2, 0.25) is 10.0 Å². The fraction of sp³-hybridized carbons (Fsp3) is 0.150. The fourth-order valence-electron chi connectivity index (χ4n) is 2.88. The number of ether oxygens (including phenoxy) is 1. The molecule has 140 valence electrons. The van der Waals surface area contributed by atoms with Crippen molar-refractivity contribution in [3.63, 3.8) is 0 Å². The Morgan fingerprint density at radius 1 is 1.04 bits per heavy atom. The molecule has 3 N–H and O–H groups in total. The maximum atomic E-state index is 12.9. The van der Waals surface area contributed by atoms with Crippen LogP contribution in [0.2, 0.25) is 0 Å². The lowest BCUT2D eigenvalue weighted by atomic mass is 10.0. The maximum absolute atomic E-state index is 12.9. The minimum Gasteiger partial charge on any atom is -0.496 e. The van der Waals surface area contributed by atoms with E-state index < -0.39 is 15.9 Å². The first-order chi connectivity index (χ1) is 12.7. The zero-order valence-electron chi connectivity index (χ0n) is 15.2. The van der Waals surface area contributed by atoms with Crippen LogP contribution in [0.4, 0.5) is 5.69 Å². The van der Waals surface area contributed by atoms with Gasteiger partial charge in [0.1, 0.15) is 5.75 Å². The lowest BCUT2D eigenvalue weighted by Crippen LogP contribution is -2.17. The average Bonchev–Trinajstić information content (AvgIpc) is 2.63. The number of amides is 1. The molecule has 0 atom stereocenters. The SMILES string of the molecule is COc1cc2ccccc2cc1C(=O)Nc1cc(S(N)(=O)=O)cc(C)c1C. The van der Waals surface area contributed by atoms with Crippen molar-refractivity contribution in [1.29, 1.82) is 0 Å². The Morgan fingerprint density at radius 3 is 2.26 bits per heavy atom. The molecule has 0 radical (unpaired) electrons. The van der Waals surface area contributed by atoms with Crippen LogP contribution >= 0.6 is 0 Å². The molecular formula is C20H20N2O4S. The second kappa shape index (κ2) is 7.02. The highest BCUT2D eigenvalue weighted by molar-refractivity contribution is 7.89. The third-order valence-electron chi connectivity index (χ3n) is 4.53. The number of fused-ring (bicyclic) bond motifs is 1. The van der Waals surface area contributed by atoms with Crippen LogP contribution in [0.3, 0.4) is 0 Å². The predicted molar refractivity (Wildman–Crippen MR) is 106 cm³/mol. The molecule has 0 bridgehead atoms. The summed E-state index contributed by atoms with van der Waals surface area (Å²) in [6.45, 7) is 3.56. The number of methoxy groups -OCH3 is 1. The Balaban J connectivity index is 2.06. The predicted octanol–water partition coefficient (Wildman–Crippen LogP) is 3.36. The fourth-order valence-corrected chi connectivity index (χ4v) is 3.50. The summed E-state index contributed by atoms with van der Waals surface area (Å²) in [5, 5.41) is 9.86. The molecule has 0 spiro atoms. The summed E-state index contributed by atoms with van der Waals surface area (Å²) in [5.74, 6) is 0.0369. The van der Waals surface area contributed by atoms with Gasteiger partial charge >= 0.3 is 0 Å². The monoisotopic (exact) mass is 384 g/mol. The highest BCUT2D eigenvalue weighted by atomic mass is 32.2. The number of anilines is 1. The topological polar surface area (TPSA) is 98.5 Å². The van der Waals surface area contributed by atoms with Crippen LogP contribution in [0.25, 0.3) is 10.8 Å². The molecule has 0 unspecified atom stereocenters. The van der Waals surface area contributed by atoms with Crippen LogP contribution in [-0.2, 0) is 10.0 Å². The molecule has 6 nitrogen and oxygen atoms in total. The number of nitrogens with two attached hydrogens (primary N) is 1. The summed E-state index contributed by atoms with van der Waals surface area (Å²) in [7, 11) is -2.38. The molecule has 0 aliphatic heterocycles. The molecule has 0 aromatic heterocycles. The van der Waals surface area contributed by atoms with Gasteiger partial charge in [0.25, 0.3) is 5.91 Å². The van der Waals surface area contributed by atoms with Crippen molar-refractivity contribution in [2.75, 3.05) is 12.4 Å². The highest BCUT2D eigenvalue weighted by Gasteiger charge is 2.18. The van der Waals surface area contributed by atoms with Gasteiger partial charge in [0.15, 0.2) is 0 Å². The molecule has 0 saturated carbocycles. The minimum atomic E-state index is -3.88. The quantitative estimate of drug-likeness (QED) is 0.720. The minimum absolute atomic E-state index is 0.0497. The molecule has 0 aliphatic rings. The summed E-state index contributed by atoms with van der Waals surface area (Å²) < 4.78 is 28.8. The smallest absolute Gasteiger partial charge is 0.259 e. The van der Waals surface area contributed by atoms with E-state index in [9.17, 15) is 13.2 Å². The first-order valence-corrected chi connectivity index (χ1v) is 9.77. The van der Waals surface area contributed by atoms with Crippen molar-refractivity contribution >= 4 is 32.4 Å². The number of hydrogen-bond donors (Lipinski definition) is 2. The van der Waals surface area contributed by atoms with Crippen molar-refractivity contribution in [2.45, 2.75) is 18.7 Å². The third kappa shape index (κ3) is 3.79. The molecule has 3 aromatic carbocycles. The van der Waals surface area contributed by atoms with Gasteiger partial charge in [-0.1, -0.05) is 24.3 Å². The van der Waals surface area contributed by atoms with E-state index in [4.69, 9.17) is 9.88 Å². The number of rotatable bonds is 4. The van der Waals surface area contributed by atoms with E-state index in [0.29, 0.717) is 22.6 Å². The van der Waals surface area contributed by atoms with Gasteiger partial charge in [-0.3, -0.25) is 4.79 Å². The van der Waals surface area contributed by atoms with Gasteiger partial charge < -0.3 is 10.1 Å². The number of carbonyl (C=O) groups excluding carboxylic acids is 1. The molecule has 7 heteroatoms. The average molecular weight is 384 g/mol. The van der Waals surface area contributed by atoms with Crippen LogP contribution in [0.5, 0.6) is 5.75 Å². The molecular weight excluding hydrogens is 364 g/mol. The second-order valence-corrected chi connectivity index (χ2v) is 7.87. The van der Waals surface area contributed by atoms with E-state index in [1.54, 1.807) is 26.0 Å².